The van der Waals surface area contributed by atoms with Gasteiger partial charge in [0.25, 0.3) is 0 Å². The van der Waals surface area contributed by atoms with Gasteiger partial charge >= 0.3 is 0 Å². The number of rotatable bonds is 3. The zero-order chi connectivity index (χ0) is 13.1. The molecule has 0 saturated heterocycles. The predicted octanol–water partition coefficient (Wildman–Crippen LogP) is 4.32. The third kappa shape index (κ3) is 3.12. The molecule has 0 spiro atoms. The summed E-state index contributed by atoms with van der Waals surface area (Å²) in [5.74, 6) is 1.66. The molecule has 94 valence electrons. The molecule has 0 atom stereocenters. The molecule has 0 radical (unpaired) electrons. The maximum atomic E-state index is 5.88. The zero-order valence-electron chi connectivity index (χ0n) is 10.5. The molecule has 2 N–H and O–H groups in total. The van der Waals surface area contributed by atoms with Crippen molar-refractivity contribution in [2.24, 2.45) is 5.73 Å². The second kappa shape index (κ2) is 5.55. The minimum Gasteiger partial charge on any atom is -0.456 e. The fourth-order valence-electron chi connectivity index (χ4n) is 1.87. The van der Waals surface area contributed by atoms with Gasteiger partial charge in [0.1, 0.15) is 11.5 Å². The predicted molar refractivity (Wildman–Crippen MR) is 78.0 cm³/mol. The van der Waals surface area contributed by atoms with E-state index < -0.39 is 0 Å². The molecule has 0 amide bonds. The summed E-state index contributed by atoms with van der Waals surface area (Å²) >= 11 is 3.50. The lowest BCUT2D eigenvalue weighted by molar-refractivity contribution is 0.478. The molecule has 0 heterocycles. The quantitative estimate of drug-likeness (QED) is 0.916. The summed E-state index contributed by atoms with van der Waals surface area (Å²) in [6, 6.07) is 12.1. The van der Waals surface area contributed by atoms with Gasteiger partial charge in [-0.15, -0.1) is 0 Å². The molecule has 0 aliphatic rings. The van der Waals surface area contributed by atoms with E-state index in [1.807, 2.05) is 30.3 Å². The van der Waals surface area contributed by atoms with Gasteiger partial charge in [0.15, 0.2) is 0 Å². The van der Waals surface area contributed by atoms with Crippen LogP contribution in [0.4, 0.5) is 0 Å². The topological polar surface area (TPSA) is 35.2 Å². The highest BCUT2D eigenvalue weighted by Gasteiger charge is 2.04. The first kappa shape index (κ1) is 13.1. The Labute approximate surface area is 116 Å². The van der Waals surface area contributed by atoms with Crippen LogP contribution in [0.15, 0.2) is 40.9 Å². The maximum absolute atomic E-state index is 5.88. The van der Waals surface area contributed by atoms with Crippen molar-refractivity contribution in [2.75, 3.05) is 0 Å². The molecule has 0 aromatic heterocycles. The van der Waals surface area contributed by atoms with Gasteiger partial charge in [0, 0.05) is 6.54 Å². The van der Waals surface area contributed by atoms with E-state index >= 15 is 0 Å². The van der Waals surface area contributed by atoms with Gasteiger partial charge in [-0.3, -0.25) is 0 Å². The average molecular weight is 306 g/mol. The van der Waals surface area contributed by atoms with Crippen LogP contribution in [0.3, 0.4) is 0 Å². The van der Waals surface area contributed by atoms with Crippen LogP contribution in [0.25, 0.3) is 0 Å². The molecule has 3 heteroatoms. The number of halogens is 1. The average Bonchev–Trinajstić information content (AvgIpc) is 2.30. The molecule has 18 heavy (non-hydrogen) atoms. The van der Waals surface area contributed by atoms with E-state index in [1.165, 1.54) is 11.1 Å². The number of ether oxygens (including phenoxy) is 1. The lowest BCUT2D eigenvalue weighted by atomic mass is 10.1. The summed E-state index contributed by atoms with van der Waals surface area (Å²) in [4.78, 5) is 0. The van der Waals surface area contributed by atoms with Gasteiger partial charge in [-0.05, 0) is 70.7 Å². The number of aryl methyl sites for hydroxylation is 2. The first-order chi connectivity index (χ1) is 8.58. The number of benzene rings is 2. The first-order valence-corrected chi connectivity index (χ1v) is 6.62. The Morgan fingerprint density at radius 1 is 1.06 bits per heavy atom. The van der Waals surface area contributed by atoms with Crippen LogP contribution >= 0.6 is 15.9 Å². The van der Waals surface area contributed by atoms with Gasteiger partial charge in [-0.25, -0.2) is 0 Å². The smallest absolute Gasteiger partial charge is 0.141 e. The lowest BCUT2D eigenvalue weighted by Crippen LogP contribution is -1.96. The Bertz CT molecular complexity index is 546. The Hall–Kier alpha value is -1.32. The van der Waals surface area contributed by atoms with Crippen LogP contribution in [0.2, 0.25) is 0 Å². The molecule has 2 aromatic carbocycles. The van der Waals surface area contributed by atoms with Crippen LogP contribution < -0.4 is 10.5 Å². The van der Waals surface area contributed by atoms with Gasteiger partial charge in [0.05, 0.1) is 4.47 Å². The number of nitrogens with two attached hydrogens (primary N) is 1. The molecule has 2 rings (SSSR count). The number of hydrogen-bond acceptors (Lipinski definition) is 2. The van der Waals surface area contributed by atoms with Crippen molar-refractivity contribution in [3.63, 3.8) is 0 Å². The van der Waals surface area contributed by atoms with Crippen LogP contribution in [0.5, 0.6) is 11.5 Å². The fraction of sp³-hybridized carbons (Fsp3) is 0.200. The highest BCUT2D eigenvalue weighted by atomic mass is 79.9. The summed E-state index contributed by atoms with van der Waals surface area (Å²) in [6.45, 7) is 4.65. The zero-order valence-corrected chi connectivity index (χ0v) is 12.1. The van der Waals surface area contributed by atoms with Crippen molar-refractivity contribution in [3.05, 3.63) is 57.6 Å². The van der Waals surface area contributed by atoms with E-state index in [0.717, 1.165) is 21.5 Å². The first-order valence-electron chi connectivity index (χ1n) is 5.83. The minimum absolute atomic E-state index is 0.530. The standard InChI is InChI=1S/C15H16BrNO/c1-10-5-11(2)7-13(6-10)18-15-4-3-12(9-17)8-14(15)16/h3-8H,9,17H2,1-2H3. The van der Waals surface area contributed by atoms with Crippen molar-refractivity contribution in [1.29, 1.82) is 0 Å². The van der Waals surface area contributed by atoms with Gasteiger partial charge in [-0.1, -0.05) is 12.1 Å². The molecular weight excluding hydrogens is 290 g/mol. The van der Waals surface area contributed by atoms with Crippen LogP contribution in [0, 0.1) is 13.8 Å². The second-order valence-electron chi connectivity index (χ2n) is 4.39. The van der Waals surface area contributed by atoms with E-state index in [9.17, 15) is 0 Å². The third-order valence-corrected chi connectivity index (χ3v) is 3.27. The van der Waals surface area contributed by atoms with Crippen molar-refractivity contribution in [3.8, 4) is 11.5 Å². The monoisotopic (exact) mass is 305 g/mol. The minimum atomic E-state index is 0.530. The van der Waals surface area contributed by atoms with Crippen molar-refractivity contribution >= 4 is 15.9 Å². The SMILES string of the molecule is Cc1cc(C)cc(Oc2ccc(CN)cc2Br)c1. The summed E-state index contributed by atoms with van der Waals surface area (Å²) in [5, 5.41) is 0. The maximum Gasteiger partial charge on any atom is 0.141 e. The molecule has 2 aromatic rings. The molecule has 0 aliphatic heterocycles. The molecule has 2 nitrogen and oxygen atoms in total. The van der Waals surface area contributed by atoms with E-state index in [0.29, 0.717) is 6.54 Å². The van der Waals surface area contributed by atoms with E-state index in [-0.39, 0.29) is 0 Å². The van der Waals surface area contributed by atoms with E-state index in [4.69, 9.17) is 10.5 Å². The van der Waals surface area contributed by atoms with E-state index in [2.05, 4.69) is 35.8 Å². The molecule has 0 saturated carbocycles. The molecular formula is C15H16BrNO. The Balaban J connectivity index is 2.28. The molecule has 0 bridgehead atoms. The summed E-state index contributed by atoms with van der Waals surface area (Å²) < 4.78 is 6.80. The Morgan fingerprint density at radius 3 is 2.28 bits per heavy atom. The lowest BCUT2D eigenvalue weighted by Gasteiger charge is -2.10. The summed E-state index contributed by atoms with van der Waals surface area (Å²) in [5.41, 5.74) is 9.07. The van der Waals surface area contributed by atoms with Crippen LogP contribution in [-0.4, -0.2) is 0 Å². The fourth-order valence-corrected chi connectivity index (χ4v) is 2.38. The summed E-state index contributed by atoms with van der Waals surface area (Å²) in [6.07, 6.45) is 0. The Kier molecular flexibility index (Phi) is 4.04. The van der Waals surface area contributed by atoms with Crippen LogP contribution in [-0.2, 0) is 6.54 Å². The van der Waals surface area contributed by atoms with Crippen molar-refractivity contribution in [1.82, 2.24) is 0 Å². The Morgan fingerprint density at radius 2 is 1.72 bits per heavy atom. The largest absolute Gasteiger partial charge is 0.456 e. The number of hydrogen-bond donors (Lipinski definition) is 1. The van der Waals surface area contributed by atoms with Gasteiger partial charge in [0.2, 0.25) is 0 Å². The van der Waals surface area contributed by atoms with Gasteiger partial charge < -0.3 is 10.5 Å². The molecule has 0 unspecified atom stereocenters. The normalized spacial score (nSPS) is 10.4. The molecule has 0 fully saturated rings. The van der Waals surface area contributed by atoms with Gasteiger partial charge in [-0.2, -0.15) is 0 Å². The highest BCUT2D eigenvalue weighted by Crippen LogP contribution is 2.31. The van der Waals surface area contributed by atoms with Crippen LogP contribution in [0.1, 0.15) is 16.7 Å². The molecule has 0 aliphatic carbocycles. The second-order valence-corrected chi connectivity index (χ2v) is 5.25. The van der Waals surface area contributed by atoms with Crippen molar-refractivity contribution < 1.29 is 4.74 Å². The van der Waals surface area contributed by atoms with E-state index in [1.54, 1.807) is 0 Å². The highest BCUT2D eigenvalue weighted by molar-refractivity contribution is 9.10. The third-order valence-electron chi connectivity index (χ3n) is 2.66. The summed E-state index contributed by atoms with van der Waals surface area (Å²) in [7, 11) is 0. The van der Waals surface area contributed by atoms with Crippen molar-refractivity contribution in [2.45, 2.75) is 20.4 Å².